The van der Waals surface area contributed by atoms with Crippen LogP contribution in [0.5, 0.6) is 0 Å². The van der Waals surface area contributed by atoms with Crippen LogP contribution in [-0.4, -0.2) is 24.5 Å². The second-order valence-electron chi connectivity index (χ2n) is 6.13. The van der Waals surface area contributed by atoms with Gasteiger partial charge >= 0.3 is 5.97 Å². The standard InChI is InChI=1S/C19H21NO4/c1-11-12(2)23-13(3)17(11)19(22)24-14(4)18(21)20-10-9-15-7-5-6-8-16(15)20/h5-8,14H,9-10H2,1-4H3/t14-/m1/s1. The highest BCUT2D eigenvalue weighted by Gasteiger charge is 2.31. The van der Waals surface area contributed by atoms with Crippen LogP contribution in [0, 0.1) is 20.8 Å². The third-order valence-electron chi connectivity index (χ3n) is 4.55. The lowest BCUT2D eigenvalue weighted by molar-refractivity contribution is -0.126. The summed E-state index contributed by atoms with van der Waals surface area (Å²) < 4.78 is 10.9. The molecule has 5 heteroatoms. The second kappa shape index (κ2) is 6.15. The van der Waals surface area contributed by atoms with Crippen molar-refractivity contribution in [2.75, 3.05) is 11.4 Å². The highest BCUT2D eigenvalue weighted by atomic mass is 16.5. The van der Waals surface area contributed by atoms with E-state index in [1.54, 1.807) is 25.7 Å². The van der Waals surface area contributed by atoms with E-state index >= 15 is 0 Å². The Hall–Kier alpha value is -2.56. The molecule has 0 aliphatic carbocycles. The van der Waals surface area contributed by atoms with Crippen LogP contribution in [0.15, 0.2) is 28.7 Å². The van der Waals surface area contributed by atoms with Gasteiger partial charge in [0.25, 0.3) is 5.91 Å². The third-order valence-corrected chi connectivity index (χ3v) is 4.55. The first kappa shape index (κ1) is 16.3. The summed E-state index contributed by atoms with van der Waals surface area (Å²) in [6.45, 7) is 7.56. The number of carbonyl (C=O) groups excluding carboxylic acids is 2. The van der Waals surface area contributed by atoms with Crippen molar-refractivity contribution in [3.8, 4) is 0 Å². The molecule has 1 atom stereocenters. The molecule has 1 aromatic carbocycles. The topological polar surface area (TPSA) is 59.8 Å². The minimum atomic E-state index is -0.849. The van der Waals surface area contributed by atoms with Crippen LogP contribution in [0.3, 0.4) is 0 Å². The maximum absolute atomic E-state index is 12.7. The molecule has 1 aromatic heterocycles. The van der Waals surface area contributed by atoms with Gasteiger partial charge in [-0.1, -0.05) is 18.2 Å². The van der Waals surface area contributed by atoms with E-state index < -0.39 is 12.1 Å². The summed E-state index contributed by atoms with van der Waals surface area (Å²) in [6, 6.07) is 7.80. The smallest absolute Gasteiger partial charge is 0.342 e. The number of hydrogen-bond acceptors (Lipinski definition) is 4. The largest absolute Gasteiger partial charge is 0.465 e. The first-order valence-electron chi connectivity index (χ1n) is 8.07. The summed E-state index contributed by atoms with van der Waals surface area (Å²) in [5, 5.41) is 0. The summed E-state index contributed by atoms with van der Waals surface area (Å²) in [5.41, 5.74) is 3.20. The molecule has 126 valence electrons. The molecule has 5 nitrogen and oxygen atoms in total. The van der Waals surface area contributed by atoms with Gasteiger partial charge in [0.2, 0.25) is 0 Å². The van der Waals surface area contributed by atoms with Gasteiger partial charge in [0.1, 0.15) is 17.1 Å². The molecule has 0 N–H and O–H groups in total. The van der Waals surface area contributed by atoms with Crippen molar-refractivity contribution in [3.63, 3.8) is 0 Å². The molecular formula is C19H21NO4. The highest BCUT2D eigenvalue weighted by molar-refractivity contribution is 6.00. The van der Waals surface area contributed by atoms with Crippen LogP contribution in [0.1, 0.15) is 39.9 Å². The number of carbonyl (C=O) groups is 2. The van der Waals surface area contributed by atoms with Gasteiger partial charge in [-0.2, -0.15) is 0 Å². The zero-order valence-electron chi connectivity index (χ0n) is 14.4. The van der Waals surface area contributed by atoms with Gasteiger partial charge < -0.3 is 14.1 Å². The van der Waals surface area contributed by atoms with E-state index in [1.165, 1.54) is 0 Å². The van der Waals surface area contributed by atoms with E-state index in [4.69, 9.17) is 9.15 Å². The van der Waals surface area contributed by atoms with Crippen molar-refractivity contribution in [2.45, 2.75) is 40.2 Å². The predicted molar refractivity (Wildman–Crippen MR) is 90.3 cm³/mol. The zero-order valence-corrected chi connectivity index (χ0v) is 14.4. The summed E-state index contributed by atoms with van der Waals surface area (Å²) in [4.78, 5) is 26.8. The fourth-order valence-electron chi connectivity index (χ4n) is 3.15. The lowest BCUT2D eigenvalue weighted by Crippen LogP contribution is -2.39. The maximum atomic E-state index is 12.7. The van der Waals surface area contributed by atoms with E-state index in [0.717, 1.165) is 23.2 Å². The number of hydrogen-bond donors (Lipinski definition) is 0. The Morgan fingerprint density at radius 1 is 1.17 bits per heavy atom. The summed E-state index contributed by atoms with van der Waals surface area (Å²) in [7, 11) is 0. The second-order valence-corrected chi connectivity index (χ2v) is 6.13. The Bertz CT molecular complexity index is 806. The lowest BCUT2D eigenvalue weighted by Gasteiger charge is -2.21. The van der Waals surface area contributed by atoms with Gasteiger partial charge in [0, 0.05) is 17.8 Å². The number of rotatable bonds is 3. The minimum Gasteiger partial charge on any atom is -0.465 e. The van der Waals surface area contributed by atoms with Crippen molar-refractivity contribution in [2.24, 2.45) is 0 Å². The summed E-state index contributed by atoms with van der Waals surface area (Å²) in [5.74, 6) is 0.479. The van der Waals surface area contributed by atoms with E-state index in [-0.39, 0.29) is 5.91 Å². The Morgan fingerprint density at radius 2 is 1.88 bits per heavy atom. The molecule has 3 rings (SSSR count). The van der Waals surface area contributed by atoms with E-state index in [9.17, 15) is 9.59 Å². The number of benzene rings is 1. The Balaban J connectivity index is 1.74. The number of aryl methyl sites for hydroxylation is 2. The van der Waals surface area contributed by atoms with Gasteiger partial charge in [0.05, 0.1) is 0 Å². The van der Waals surface area contributed by atoms with E-state index in [1.807, 2.05) is 31.2 Å². The first-order chi connectivity index (χ1) is 11.4. The van der Waals surface area contributed by atoms with Crippen molar-refractivity contribution in [1.82, 2.24) is 0 Å². The Kier molecular flexibility index (Phi) is 4.18. The number of ether oxygens (including phenoxy) is 1. The number of esters is 1. The number of para-hydroxylation sites is 1. The number of nitrogens with zero attached hydrogens (tertiary/aromatic N) is 1. The molecule has 2 aromatic rings. The van der Waals surface area contributed by atoms with Crippen LogP contribution in [-0.2, 0) is 16.0 Å². The molecule has 0 spiro atoms. The average Bonchev–Trinajstić information content (AvgIpc) is 3.08. The van der Waals surface area contributed by atoms with Crippen LogP contribution in [0.2, 0.25) is 0 Å². The van der Waals surface area contributed by atoms with Crippen molar-refractivity contribution in [1.29, 1.82) is 0 Å². The predicted octanol–water partition coefficient (Wildman–Crippen LogP) is 3.34. The minimum absolute atomic E-state index is 0.205. The monoisotopic (exact) mass is 327 g/mol. The molecule has 0 fully saturated rings. The molecule has 0 saturated heterocycles. The molecule has 0 bridgehead atoms. The molecule has 1 amide bonds. The third kappa shape index (κ3) is 2.70. The molecule has 24 heavy (non-hydrogen) atoms. The number of anilines is 1. The maximum Gasteiger partial charge on any atom is 0.342 e. The van der Waals surface area contributed by atoms with Gasteiger partial charge in [-0.15, -0.1) is 0 Å². The van der Waals surface area contributed by atoms with Gasteiger partial charge in [-0.05, 0) is 45.7 Å². The van der Waals surface area contributed by atoms with Crippen LogP contribution < -0.4 is 4.90 Å². The fraction of sp³-hybridized carbons (Fsp3) is 0.368. The van der Waals surface area contributed by atoms with Crippen LogP contribution in [0.25, 0.3) is 0 Å². The summed E-state index contributed by atoms with van der Waals surface area (Å²) >= 11 is 0. The van der Waals surface area contributed by atoms with Gasteiger partial charge in [0.15, 0.2) is 6.10 Å². The highest BCUT2D eigenvalue weighted by Crippen LogP contribution is 2.28. The van der Waals surface area contributed by atoms with Crippen LogP contribution in [0.4, 0.5) is 5.69 Å². The lowest BCUT2D eigenvalue weighted by atomic mass is 10.1. The van der Waals surface area contributed by atoms with Gasteiger partial charge in [-0.25, -0.2) is 4.79 Å². The van der Waals surface area contributed by atoms with Gasteiger partial charge in [-0.3, -0.25) is 4.79 Å². The first-order valence-corrected chi connectivity index (χ1v) is 8.07. The number of amides is 1. The Labute approximate surface area is 141 Å². The molecule has 1 aliphatic heterocycles. The molecular weight excluding hydrogens is 306 g/mol. The van der Waals surface area contributed by atoms with Crippen molar-refractivity contribution >= 4 is 17.6 Å². The zero-order chi connectivity index (χ0) is 17.4. The fourth-order valence-corrected chi connectivity index (χ4v) is 3.15. The molecule has 0 unspecified atom stereocenters. The average molecular weight is 327 g/mol. The van der Waals surface area contributed by atoms with Crippen LogP contribution >= 0.6 is 0 Å². The molecule has 0 radical (unpaired) electrons. The van der Waals surface area contributed by atoms with Crippen molar-refractivity contribution in [3.05, 3.63) is 52.5 Å². The number of fused-ring (bicyclic) bond motifs is 1. The van der Waals surface area contributed by atoms with Crippen molar-refractivity contribution < 1.29 is 18.7 Å². The molecule has 2 heterocycles. The number of furan rings is 1. The van der Waals surface area contributed by atoms with E-state index in [0.29, 0.717) is 23.6 Å². The summed E-state index contributed by atoms with van der Waals surface area (Å²) in [6.07, 6.45) is -0.0282. The Morgan fingerprint density at radius 3 is 2.54 bits per heavy atom. The van der Waals surface area contributed by atoms with E-state index in [2.05, 4.69) is 0 Å². The SMILES string of the molecule is Cc1oc(C)c(C(=O)O[C@H](C)C(=O)N2CCc3ccccc32)c1C. The molecule has 1 aliphatic rings. The normalized spacial score (nSPS) is 14.4. The molecule has 0 saturated carbocycles. The quantitative estimate of drug-likeness (QED) is 0.811.